The molecule has 0 radical (unpaired) electrons. The Bertz CT molecular complexity index is 764. The number of aromatic nitrogens is 2. The highest BCUT2D eigenvalue weighted by atomic mass is 15.3. The van der Waals surface area contributed by atoms with E-state index >= 15 is 0 Å². The van der Waals surface area contributed by atoms with E-state index in [1.807, 2.05) is 29.9 Å². The van der Waals surface area contributed by atoms with Gasteiger partial charge < -0.3 is 10.6 Å². The number of benzene rings is 1. The zero-order valence-electron chi connectivity index (χ0n) is 17.0. The van der Waals surface area contributed by atoms with Gasteiger partial charge in [-0.05, 0) is 51.9 Å². The van der Waals surface area contributed by atoms with Gasteiger partial charge in [0, 0.05) is 37.4 Å². The van der Waals surface area contributed by atoms with E-state index in [4.69, 9.17) is 5.10 Å². The maximum absolute atomic E-state index is 4.72. The second-order valence-corrected chi connectivity index (χ2v) is 7.13. The van der Waals surface area contributed by atoms with Crippen LogP contribution in [0.4, 0.5) is 0 Å². The minimum Gasteiger partial charge on any atom is -0.355 e. The number of likely N-dealkylation sites (tertiary alicyclic amines) is 1. The number of nitrogens with zero attached hydrogens (tertiary/aromatic N) is 4. The van der Waals surface area contributed by atoms with Gasteiger partial charge in [-0.1, -0.05) is 25.1 Å². The van der Waals surface area contributed by atoms with Gasteiger partial charge in [-0.15, -0.1) is 0 Å². The van der Waals surface area contributed by atoms with E-state index in [-0.39, 0.29) is 0 Å². The van der Waals surface area contributed by atoms with Crippen LogP contribution in [-0.4, -0.2) is 53.4 Å². The first-order valence-electron chi connectivity index (χ1n) is 9.93. The molecule has 3 rings (SSSR count). The van der Waals surface area contributed by atoms with E-state index in [1.54, 1.807) is 0 Å². The Kier molecular flexibility index (Phi) is 6.50. The van der Waals surface area contributed by atoms with Crippen LogP contribution in [0.25, 0.3) is 5.69 Å². The van der Waals surface area contributed by atoms with Crippen molar-refractivity contribution in [3.63, 3.8) is 0 Å². The lowest BCUT2D eigenvalue weighted by Crippen LogP contribution is -2.44. The normalized spacial score (nSPS) is 18.1. The lowest BCUT2D eigenvalue weighted by Gasteiger charge is -2.24. The average Bonchev–Trinajstić information content (AvgIpc) is 3.27. The number of hydrogen-bond donors (Lipinski definition) is 2. The highest BCUT2D eigenvalue weighted by Crippen LogP contribution is 2.18. The third-order valence-electron chi connectivity index (χ3n) is 5.51. The van der Waals surface area contributed by atoms with Crippen LogP contribution in [0, 0.1) is 13.8 Å². The van der Waals surface area contributed by atoms with E-state index in [2.05, 4.69) is 53.4 Å². The molecule has 2 aromatic rings. The second-order valence-electron chi connectivity index (χ2n) is 7.13. The van der Waals surface area contributed by atoms with Gasteiger partial charge in [-0.3, -0.25) is 9.89 Å². The van der Waals surface area contributed by atoms with Gasteiger partial charge in [0.1, 0.15) is 0 Å². The molecule has 1 saturated heterocycles. The van der Waals surface area contributed by atoms with E-state index in [1.165, 1.54) is 24.9 Å². The number of nitrogens with one attached hydrogen (secondary N) is 2. The molecular weight excluding hydrogens is 336 g/mol. The Morgan fingerprint density at radius 2 is 2.00 bits per heavy atom. The summed E-state index contributed by atoms with van der Waals surface area (Å²) in [6, 6.07) is 10.9. The van der Waals surface area contributed by atoms with Crippen LogP contribution in [0.15, 0.2) is 35.3 Å². The second kappa shape index (κ2) is 9.04. The van der Waals surface area contributed by atoms with Crippen molar-refractivity contribution in [2.75, 3.05) is 26.7 Å². The molecule has 1 aromatic heterocycles. The van der Waals surface area contributed by atoms with Crippen molar-refractivity contribution >= 4 is 5.96 Å². The van der Waals surface area contributed by atoms with E-state index in [0.29, 0.717) is 12.6 Å². The molecule has 1 fully saturated rings. The number of para-hydroxylation sites is 1. The van der Waals surface area contributed by atoms with Gasteiger partial charge in [0.05, 0.1) is 11.4 Å². The molecule has 6 heteroatoms. The third kappa shape index (κ3) is 4.50. The summed E-state index contributed by atoms with van der Waals surface area (Å²) in [6.45, 7) is 10.4. The number of aliphatic imine (C=N–C) groups is 1. The number of guanidine groups is 1. The molecule has 0 amide bonds. The molecule has 1 aliphatic rings. The molecule has 1 aromatic carbocycles. The molecule has 0 spiro atoms. The average molecular weight is 369 g/mol. The molecule has 1 atom stereocenters. The standard InChI is InChI=1S/C21H32N6/c1-5-26-13-9-12-19(26)14-23-21(22-4)24-15-20-16(2)25-27(17(20)3)18-10-7-6-8-11-18/h6-8,10-11,19H,5,9,12-15H2,1-4H3,(H2,22,23,24). The third-order valence-corrected chi connectivity index (χ3v) is 5.51. The Hall–Kier alpha value is -2.34. The lowest BCUT2D eigenvalue weighted by atomic mass is 10.2. The number of hydrogen-bond acceptors (Lipinski definition) is 3. The zero-order chi connectivity index (χ0) is 19.2. The Morgan fingerprint density at radius 1 is 1.22 bits per heavy atom. The molecule has 6 nitrogen and oxygen atoms in total. The Labute approximate surface area is 162 Å². The maximum atomic E-state index is 4.72. The van der Waals surface area contributed by atoms with Gasteiger partial charge in [0.2, 0.25) is 0 Å². The largest absolute Gasteiger partial charge is 0.355 e. The van der Waals surface area contributed by atoms with Crippen LogP contribution in [0.5, 0.6) is 0 Å². The monoisotopic (exact) mass is 368 g/mol. The van der Waals surface area contributed by atoms with Crippen molar-refractivity contribution in [3.05, 3.63) is 47.3 Å². The number of aryl methyl sites for hydroxylation is 1. The van der Waals surface area contributed by atoms with E-state index in [0.717, 1.165) is 36.1 Å². The quantitative estimate of drug-likeness (QED) is 0.608. The summed E-state index contributed by atoms with van der Waals surface area (Å²) in [4.78, 5) is 6.93. The highest BCUT2D eigenvalue weighted by molar-refractivity contribution is 5.79. The molecule has 2 N–H and O–H groups in total. The SMILES string of the molecule is CCN1CCCC1CNC(=NC)NCc1c(C)nn(-c2ccccc2)c1C. The van der Waals surface area contributed by atoms with Crippen molar-refractivity contribution in [3.8, 4) is 5.69 Å². The first-order chi connectivity index (χ1) is 13.1. The van der Waals surface area contributed by atoms with Crippen molar-refractivity contribution in [1.29, 1.82) is 0 Å². The molecule has 0 aliphatic carbocycles. The van der Waals surface area contributed by atoms with Gasteiger partial charge in [-0.25, -0.2) is 4.68 Å². The van der Waals surface area contributed by atoms with Crippen LogP contribution < -0.4 is 10.6 Å². The van der Waals surface area contributed by atoms with Crippen molar-refractivity contribution in [1.82, 2.24) is 25.3 Å². The first kappa shape index (κ1) is 19.4. The zero-order valence-corrected chi connectivity index (χ0v) is 17.0. The van der Waals surface area contributed by atoms with Gasteiger partial charge >= 0.3 is 0 Å². The fourth-order valence-electron chi connectivity index (χ4n) is 3.90. The summed E-state index contributed by atoms with van der Waals surface area (Å²) >= 11 is 0. The van der Waals surface area contributed by atoms with Gasteiger partial charge in [0.25, 0.3) is 0 Å². The van der Waals surface area contributed by atoms with Gasteiger partial charge in [0.15, 0.2) is 5.96 Å². The molecule has 1 unspecified atom stereocenters. The predicted molar refractivity (Wildman–Crippen MR) is 112 cm³/mol. The van der Waals surface area contributed by atoms with Crippen LogP contribution in [0.2, 0.25) is 0 Å². The summed E-state index contributed by atoms with van der Waals surface area (Å²) in [5.41, 5.74) is 4.52. The Balaban J connectivity index is 1.61. The van der Waals surface area contributed by atoms with E-state index in [9.17, 15) is 0 Å². The number of rotatable bonds is 6. The number of likely N-dealkylation sites (N-methyl/N-ethyl adjacent to an activating group) is 1. The topological polar surface area (TPSA) is 57.5 Å². The van der Waals surface area contributed by atoms with Crippen LogP contribution in [0.3, 0.4) is 0 Å². The van der Waals surface area contributed by atoms with Gasteiger partial charge in [-0.2, -0.15) is 5.10 Å². The molecule has 146 valence electrons. The molecule has 1 aliphatic heterocycles. The van der Waals surface area contributed by atoms with Crippen molar-refractivity contribution in [2.45, 2.75) is 46.2 Å². The van der Waals surface area contributed by atoms with Crippen molar-refractivity contribution < 1.29 is 0 Å². The Morgan fingerprint density at radius 3 is 2.70 bits per heavy atom. The maximum Gasteiger partial charge on any atom is 0.191 e. The summed E-state index contributed by atoms with van der Waals surface area (Å²) < 4.78 is 2.01. The first-order valence-corrected chi connectivity index (χ1v) is 9.93. The smallest absolute Gasteiger partial charge is 0.191 e. The van der Waals surface area contributed by atoms with Crippen LogP contribution in [-0.2, 0) is 6.54 Å². The fraction of sp³-hybridized carbons (Fsp3) is 0.524. The molecule has 2 heterocycles. The molecule has 0 saturated carbocycles. The van der Waals surface area contributed by atoms with E-state index < -0.39 is 0 Å². The van der Waals surface area contributed by atoms with Crippen LogP contribution >= 0.6 is 0 Å². The summed E-state index contributed by atoms with van der Waals surface area (Å²) in [7, 11) is 1.83. The minimum absolute atomic E-state index is 0.609. The van der Waals surface area contributed by atoms with Crippen LogP contribution in [0.1, 0.15) is 36.7 Å². The molecule has 27 heavy (non-hydrogen) atoms. The fourth-order valence-corrected chi connectivity index (χ4v) is 3.90. The van der Waals surface area contributed by atoms with Crippen molar-refractivity contribution in [2.24, 2.45) is 4.99 Å². The molecular formula is C21H32N6. The predicted octanol–water partition coefficient (Wildman–Crippen LogP) is 2.64. The summed E-state index contributed by atoms with van der Waals surface area (Å²) in [5, 5.41) is 11.7. The minimum atomic E-state index is 0.609. The summed E-state index contributed by atoms with van der Waals surface area (Å²) in [5.74, 6) is 0.851. The summed E-state index contributed by atoms with van der Waals surface area (Å²) in [6.07, 6.45) is 2.56. The lowest BCUT2D eigenvalue weighted by molar-refractivity contribution is 0.267. The highest BCUT2D eigenvalue weighted by Gasteiger charge is 2.22. The molecule has 0 bridgehead atoms.